The lowest BCUT2D eigenvalue weighted by molar-refractivity contribution is -0.384. The van der Waals surface area contributed by atoms with Gasteiger partial charge in [0.25, 0.3) is 11.6 Å². The van der Waals surface area contributed by atoms with E-state index in [-0.39, 0.29) is 17.2 Å². The predicted octanol–water partition coefficient (Wildman–Crippen LogP) is 1.58. The monoisotopic (exact) mass is 282 g/mol. The zero-order valence-corrected chi connectivity index (χ0v) is 11.0. The van der Waals surface area contributed by atoms with Crippen molar-refractivity contribution in [2.45, 2.75) is 19.4 Å². The van der Waals surface area contributed by atoms with Crippen LogP contribution in [-0.4, -0.2) is 40.0 Å². The van der Waals surface area contributed by atoms with Gasteiger partial charge in [-0.1, -0.05) is 0 Å². The zero-order chi connectivity index (χ0) is 14.9. The van der Waals surface area contributed by atoms with Gasteiger partial charge in [-0.3, -0.25) is 14.9 Å². The third kappa shape index (κ3) is 2.77. The maximum atomic E-state index is 13.7. The fourth-order valence-electron chi connectivity index (χ4n) is 2.33. The van der Waals surface area contributed by atoms with Gasteiger partial charge < -0.3 is 10.0 Å². The molecule has 20 heavy (non-hydrogen) atoms. The van der Waals surface area contributed by atoms with Crippen molar-refractivity contribution < 1.29 is 19.2 Å². The number of carbonyl (C=O) groups is 1. The first-order chi connectivity index (χ1) is 9.40. The number of rotatable bonds is 3. The molecule has 1 aliphatic heterocycles. The van der Waals surface area contributed by atoms with Gasteiger partial charge in [-0.25, -0.2) is 4.39 Å². The standard InChI is InChI=1S/C13H15FN2O4/c1-8(17)9-4-5-15(7-9)13(18)11-6-10(16(19)20)2-3-12(11)14/h2-3,6,8-9,17H,4-5,7H2,1H3. The third-order valence-corrected chi connectivity index (χ3v) is 3.59. The Balaban J connectivity index is 2.21. The first-order valence-electron chi connectivity index (χ1n) is 6.31. The lowest BCUT2D eigenvalue weighted by Gasteiger charge is -2.18. The van der Waals surface area contributed by atoms with Crippen molar-refractivity contribution >= 4 is 11.6 Å². The smallest absolute Gasteiger partial charge is 0.270 e. The Labute approximate surface area is 115 Å². The molecule has 1 aromatic rings. The highest BCUT2D eigenvalue weighted by Crippen LogP contribution is 2.24. The van der Waals surface area contributed by atoms with Crippen molar-refractivity contribution in [1.82, 2.24) is 4.90 Å². The minimum absolute atomic E-state index is 0.0410. The van der Waals surface area contributed by atoms with Crippen molar-refractivity contribution in [2.24, 2.45) is 5.92 Å². The van der Waals surface area contributed by atoms with Crippen LogP contribution in [0.25, 0.3) is 0 Å². The second kappa shape index (κ2) is 5.54. The van der Waals surface area contributed by atoms with Crippen molar-refractivity contribution in [2.75, 3.05) is 13.1 Å². The van der Waals surface area contributed by atoms with E-state index in [1.807, 2.05) is 0 Å². The number of nitro groups is 1. The molecule has 1 amide bonds. The van der Waals surface area contributed by atoms with Crippen molar-refractivity contribution in [3.8, 4) is 0 Å². The fourth-order valence-corrected chi connectivity index (χ4v) is 2.33. The van der Waals surface area contributed by atoms with Crippen LogP contribution in [0.15, 0.2) is 18.2 Å². The van der Waals surface area contributed by atoms with E-state index in [1.165, 1.54) is 4.90 Å². The van der Waals surface area contributed by atoms with Gasteiger partial charge in [0.2, 0.25) is 0 Å². The topological polar surface area (TPSA) is 83.7 Å². The normalized spacial score (nSPS) is 19.9. The van der Waals surface area contributed by atoms with Gasteiger partial charge in [0.1, 0.15) is 5.82 Å². The Hall–Kier alpha value is -2.02. The lowest BCUT2D eigenvalue weighted by Crippen LogP contribution is -2.31. The molecular weight excluding hydrogens is 267 g/mol. The molecule has 2 rings (SSSR count). The third-order valence-electron chi connectivity index (χ3n) is 3.59. The summed E-state index contributed by atoms with van der Waals surface area (Å²) in [6.07, 6.45) is 0.0997. The Bertz CT molecular complexity index is 547. The summed E-state index contributed by atoms with van der Waals surface area (Å²) in [6, 6.07) is 2.90. The molecule has 0 saturated carbocycles. The number of hydrogen-bond donors (Lipinski definition) is 1. The van der Waals surface area contributed by atoms with Crippen molar-refractivity contribution in [3.63, 3.8) is 0 Å². The molecule has 1 N–H and O–H groups in total. The molecule has 1 aromatic carbocycles. The van der Waals surface area contributed by atoms with Crippen LogP contribution in [0.5, 0.6) is 0 Å². The number of hydrogen-bond acceptors (Lipinski definition) is 4. The van der Waals surface area contributed by atoms with E-state index in [2.05, 4.69) is 0 Å². The highest BCUT2D eigenvalue weighted by molar-refractivity contribution is 5.95. The van der Waals surface area contributed by atoms with E-state index in [9.17, 15) is 24.4 Å². The highest BCUT2D eigenvalue weighted by Gasteiger charge is 2.31. The molecule has 7 heteroatoms. The summed E-state index contributed by atoms with van der Waals surface area (Å²) in [4.78, 5) is 23.6. The Kier molecular flexibility index (Phi) is 3.99. The summed E-state index contributed by atoms with van der Waals surface area (Å²) < 4.78 is 13.7. The average molecular weight is 282 g/mol. The summed E-state index contributed by atoms with van der Waals surface area (Å²) >= 11 is 0. The SMILES string of the molecule is CC(O)C1CCN(C(=O)c2cc([N+](=O)[O-])ccc2F)C1. The maximum Gasteiger partial charge on any atom is 0.270 e. The molecule has 6 nitrogen and oxygen atoms in total. The second-order valence-electron chi connectivity index (χ2n) is 4.96. The largest absolute Gasteiger partial charge is 0.393 e. The molecule has 1 aliphatic rings. The molecule has 2 unspecified atom stereocenters. The first-order valence-corrected chi connectivity index (χ1v) is 6.31. The van der Waals surface area contributed by atoms with Gasteiger partial charge in [0, 0.05) is 31.1 Å². The number of likely N-dealkylation sites (tertiary alicyclic amines) is 1. The zero-order valence-electron chi connectivity index (χ0n) is 11.0. The average Bonchev–Trinajstić information content (AvgIpc) is 2.88. The number of nitrogens with zero attached hydrogens (tertiary/aromatic N) is 2. The van der Waals surface area contributed by atoms with Crippen LogP contribution in [0, 0.1) is 21.8 Å². The maximum absolute atomic E-state index is 13.7. The van der Waals surface area contributed by atoms with Crippen LogP contribution in [0.2, 0.25) is 0 Å². The summed E-state index contributed by atoms with van der Waals surface area (Å²) in [5, 5.41) is 20.2. The predicted molar refractivity (Wildman–Crippen MR) is 68.7 cm³/mol. The van der Waals surface area contributed by atoms with Gasteiger partial charge in [-0.15, -0.1) is 0 Å². The van der Waals surface area contributed by atoms with Crippen LogP contribution < -0.4 is 0 Å². The molecule has 1 fully saturated rings. The summed E-state index contributed by atoms with van der Waals surface area (Å²) in [5.41, 5.74) is -0.619. The Morgan fingerprint density at radius 3 is 2.85 bits per heavy atom. The molecular formula is C13H15FN2O4. The number of amides is 1. The summed E-state index contributed by atoms with van der Waals surface area (Å²) in [7, 11) is 0. The van der Waals surface area contributed by atoms with Crippen LogP contribution in [0.4, 0.5) is 10.1 Å². The van der Waals surface area contributed by atoms with E-state index in [0.717, 1.165) is 18.2 Å². The van der Waals surface area contributed by atoms with Crippen molar-refractivity contribution in [3.05, 3.63) is 39.7 Å². The number of halogens is 1. The minimum atomic E-state index is -0.777. The Morgan fingerprint density at radius 2 is 2.30 bits per heavy atom. The molecule has 0 radical (unpaired) electrons. The number of aliphatic hydroxyl groups excluding tert-OH is 1. The number of aliphatic hydroxyl groups is 1. The minimum Gasteiger partial charge on any atom is -0.393 e. The van der Waals surface area contributed by atoms with E-state index >= 15 is 0 Å². The Morgan fingerprint density at radius 1 is 1.60 bits per heavy atom. The van der Waals surface area contributed by atoms with E-state index in [4.69, 9.17) is 0 Å². The summed E-state index contributed by atoms with van der Waals surface area (Å²) in [5.74, 6) is -1.39. The van der Waals surface area contributed by atoms with Crippen LogP contribution in [0.1, 0.15) is 23.7 Å². The van der Waals surface area contributed by atoms with E-state index in [0.29, 0.717) is 19.5 Å². The van der Waals surface area contributed by atoms with E-state index < -0.39 is 22.8 Å². The van der Waals surface area contributed by atoms with Crippen LogP contribution in [0.3, 0.4) is 0 Å². The fraction of sp³-hybridized carbons (Fsp3) is 0.462. The molecule has 1 saturated heterocycles. The van der Waals surface area contributed by atoms with Gasteiger partial charge in [-0.2, -0.15) is 0 Å². The van der Waals surface area contributed by atoms with Crippen LogP contribution >= 0.6 is 0 Å². The molecule has 0 aromatic heterocycles. The molecule has 108 valence electrons. The van der Waals surface area contributed by atoms with E-state index in [1.54, 1.807) is 6.92 Å². The highest BCUT2D eigenvalue weighted by atomic mass is 19.1. The first kappa shape index (κ1) is 14.4. The van der Waals surface area contributed by atoms with Gasteiger partial charge >= 0.3 is 0 Å². The number of benzene rings is 1. The van der Waals surface area contributed by atoms with Gasteiger partial charge in [-0.05, 0) is 19.4 Å². The lowest BCUT2D eigenvalue weighted by atomic mass is 10.0. The molecule has 0 bridgehead atoms. The van der Waals surface area contributed by atoms with Gasteiger partial charge in [0.15, 0.2) is 0 Å². The molecule has 1 heterocycles. The quantitative estimate of drug-likeness (QED) is 0.674. The van der Waals surface area contributed by atoms with Crippen LogP contribution in [-0.2, 0) is 0 Å². The number of carbonyl (C=O) groups excluding carboxylic acids is 1. The number of nitro benzene ring substituents is 1. The van der Waals surface area contributed by atoms with Crippen molar-refractivity contribution in [1.29, 1.82) is 0 Å². The summed E-state index contributed by atoms with van der Waals surface area (Å²) in [6.45, 7) is 2.39. The molecule has 0 aliphatic carbocycles. The van der Waals surface area contributed by atoms with Gasteiger partial charge in [0.05, 0.1) is 16.6 Å². The second-order valence-corrected chi connectivity index (χ2v) is 4.96. The molecule has 2 atom stereocenters. The number of non-ortho nitro benzene ring substituents is 1. The molecule has 0 spiro atoms.